The third kappa shape index (κ3) is 9.31. The first-order valence-electron chi connectivity index (χ1n) is 12.4. The zero-order valence-electron chi connectivity index (χ0n) is 21.5. The fourth-order valence-electron chi connectivity index (χ4n) is 4.88. The predicted molar refractivity (Wildman–Crippen MR) is 132 cm³/mol. The van der Waals surface area contributed by atoms with Crippen LogP contribution in [-0.4, -0.2) is 74.3 Å². The summed E-state index contributed by atoms with van der Waals surface area (Å²) in [6.07, 6.45) is 3.06. The maximum Gasteiger partial charge on any atom is 0.320 e. The Bertz CT molecular complexity index is 809. The number of phenols is 1. The highest BCUT2D eigenvalue weighted by molar-refractivity contribution is 5.72. The van der Waals surface area contributed by atoms with Gasteiger partial charge in [0.2, 0.25) is 0 Å². The Labute approximate surface area is 208 Å². The highest BCUT2D eigenvalue weighted by Crippen LogP contribution is 2.42. The van der Waals surface area contributed by atoms with Gasteiger partial charge in [0.1, 0.15) is 12.2 Å². The number of aromatic hydroxyl groups is 1. The lowest BCUT2D eigenvalue weighted by atomic mass is 9.68. The SMILES string of the molecule is CNCC(=O)O[C@H](C[C@@H](CCC[C@H](C)O)OC(C)=O)C1(Cc2ccc(O)c(OC)c2)CCNCC1. The molecule has 1 aliphatic rings. The Kier molecular flexibility index (Phi) is 11.8. The molecule has 4 N–H and O–H groups in total. The van der Waals surface area contributed by atoms with Gasteiger partial charge in [-0.15, -0.1) is 0 Å². The van der Waals surface area contributed by atoms with E-state index in [2.05, 4.69) is 10.6 Å². The van der Waals surface area contributed by atoms with Gasteiger partial charge >= 0.3 is 11.9 Å². The van der Waals surface area contributed by atoms with Crippen molar-refractivity contribution in [3.8, 4) is 11.5 Å². The monoisotopic (exact) mass is 494 g/mol. The molecule has 0 unspecified atom stereocenters. The van der Waals surface area contributed by atoms with Gasteiger partial charge in [-0.3, -0.25) is 9.59 Å². The van der Waals surface area contributed by atoms with Crippen LogP contribution >= 0.6 is 0 Å². The van der Waals surface area contributed by atoms with E-state index < -0.39 is 18.3 Å². The van der Waals surface area contributed by atoms with Crippen LogP contribution in [0.25, 0.3) is 0 Å². The lowest BCUT2D eigenvalue weighted by molar-refractivity contribution is -0.163. The van der Waals surface area contributed by atoms with Gasteiger partial charge in [0.25, 0.3) is 0 Å². The van der Waals surface area contributed by atoms with Crippen LogP contribution in [0.1, 0.15) is 57.9 Å². The van der Waals surface area contributed by atoms with Crippen LogP contribution in [0.4, 0.5) is 0 Å². The molecule has 0 radical (unpaired) electrons. The van der Waals surface area contributed by atoms with Crippen molar-refractivity contribution in [3.05, 3.63) is 23.8 Å². The molecule has 9 heteroatoms. The van der Waals surface area contributed by atoms with Gasteiger partial charge in [0, 0.05) is 18.8 Å². The van der Waals surface area contributed by atoms with Crippen molar-refractivity contribution < 1.29 is 34.0 Å². The number of aliphatic hydroxyl groups is 1. The number of carbonyl (C=O) groups is 2. The first-order chi connectivity index (χ1) is 16.7. The van der Waals surface area contributed by atoms with E-state index in [0.717, 1.165) is 31.5 Å². The van der Waals surface area contributed by atoms with E-state index in [1.165, 1.54) is 14.0 Å². The van der Waals surface area contributed by atoms with Crippen molar-refractivity contribution in [2.75, 3.05) is 33.8 Å². The molecular formula is C26H42N2O7. The summed E-state index contributed by atoms with van der Waals surface area (Å²) < 4.78 is 17.0. The first kappa shape index (κ1) is 28.9. The summed E-state index contributed by atoms with van der Waals surface area (Å²) in [5, 5.41) is 25.9. The molecule has 0 spiro atoms. The van der Waals surface area contributed by atoms with Gasteiger partial charge in [-0.05, 0) is 83.3 Å². The molecule has 1 aliphatic heterocycles. The number of benzene rings is 1. The van der Waals surface area contributed by atoms with E-state index in [1.807, 2.05) is 12.1 Å². The minimum absolute atomic E-state index is 0.0700. The summed E-state index contributed by atoms with van der Waals surface area (Å²) in [4.78, 5) is 24.5. The van der Waals surface area contributed by atoms with Crippen molar-refractivity contribution in [3.63, 3.8) is 0 Å². The predicted octanol–water partition coefficient (Wildman–Crippen LogP) is 2.32. The molecule has 0 bridgehead atoms. The zero-order chi connectivity index (χ0) is 25.8. The molecule has 2 rings (SSSR count). The van der Waals surface area contributed by atoms with E-state index in [1.54, 1.807) is 20.0 Å². The van der Waals surface area contributed by atoms with Crippen LogP contribution in [0.2, 0.25) is 0 Å². The number of methoxy groups -OCH3 is 1. The summed E-state index contributed by atoms with van der Waals surface area (Å²) in [5.41, 5.74) is 0.577. The van der Waals surface area contributed by atoms with Crippen LogP contribution in [0.3, 0.4) is 0 Å². The average Bonchev–Trinajstić information content (AvgIpc) is 2.80. The molecule has 9 nitrogen and oxygen atoms in total. The van der Waals surface area contributed by atoms with Gasteiger partial charge in [-0.25, -0.2) is 0 Å². The third-order valence-corrected chi connectivity index (χ3v) is 6.64. The number of hydrogen-bond acceptors (Lipinski definition) is 9. The van der Waals surface area contributed by atoms with Gasteiger partial charge < -0.3 is 35.1 Å². The molecule has 35 heavy (non-hydrogen) atoms. The second-order valence-corrected chi connectivity index (χ2v) is 9.55. The Morgan fingerprint density at radius 1 is 1.20 bits per heavy atom. The maximum atomic E-state index is 12.6. The molecule has 0 aliphatic carbocycles. The zero-order valence-corrected chi connectivity index (χ0v) is 21.5. The minimum atomic E-state index is -0.485. The normalized spacial score (nSPS) is 17.7. The molecule has 0 amide bonds. The second-order valence-electron chi connectivity index (χ2n) is 9.55. The van der Waals surface area contributed by atoms with E-state index in [0.29, 0.717) is 37.9 Å². The summed E-state index contributed by atoms with van der Waals surface area (Å²) in [5.74, 6) is -0.272. The Hall–Kier alpha value is -2.36. The maximum absolute atomic E-state index is 12.6. The first-order valence-corrected chi connectivity index (χ1v) is 12.4. The highest BCUT2D eigenvalue weighted by Gasteiger charge is 2.44. The minimum Gasteiger partial charge on any atom is -0.504 e. The number of hydrogen-bond donors (Lipinski definition) is 4. The lowest BCUT2D eigenvalue weighted by Crippen LogP contribution is -2.49. The van der Waals surface area contributed by atoms with Crippen molar-refractivity contribution in [1.82, 2.24) is 10.6 Å². The number of phenolic OH excluding ortho intramolecular Hbond substituents is 1. The molecule has 1 aromatic rings. The van der Waals surface area contributed by atoms with E-state index in [4.69, 9.17) is 14.2 Å². The molecule has 1 saturated heterocycles. The fraction of sp³-hybridized carbons (Fsp3) is 0.692. The molecule has 0 saturated carbocycles. The number of piperidine rings is 1. The van der Waals surface area contributed by atoms with Crippen LogP contribution in [-0.2, 0) is 25.5 Å². The highest BCUT2D eigenvalue weighted by atomic mass is 16.6. The topological polar surface area (TPSA) is 126 Å². The number of likely N-dealkylation sites (N-methyl/N-ethyl adjacent to an activating group) is 1. The average molecular weight is 495 g/mol. The number of rotatable bonds is 14. The van der Waals surface area contributed by atoms with Crippen molar-refractivity contribution in [1.29, 1.82) is 0 Å². The lowest BCUT2D eigenvalue weighted by Gasteiger charge is -2.44. The summed E-state index contributed by atoms with van der Waals surface area (Å²) >= 11 is 0. The Morgan fingerprint density at radius 3 is 2.51 bits per heavy atom. The van der Waals surface area contributed by atoms with Crippen molar-refractivity contribution in [2.45, 2.75) is 77.1 Å². The third-order valence-electron chi connectivity index (χ3n) is 6.64. The van der Waals surface area contributed by atoms with Gasteiger partial charge in [0.05, 0.1) is 19.8 Å². The van der Waals surface area contributed by atoms with Crippen LogP contribution < -0.4 is 15.4 Å². The number of ether oxygens (including phenoxy) is 3. The summed E-state index contributed by atoms with van der Waals surface area (Å²) in [6.45, 7) is 4.75. The summed E-state index contributed by atoms with van der Waals surface area (Å²) in [6, 6.07) is 5.29. The van der Waals surface area contributed by atoms with Crippen molar-refractivity contribution in [2.24, 2.45) is 5.41 Å². The summed E-state index contributed by atoms with van der Waals surface area (Å²) in [7, 11) is 3.20. The molecular weight excluding hydrogens is 452 g/mol. The smallest absolute Gasteiger partial charge is 0.320 e. The molecule has 1 fully saturated rings. The number of nitrogens with one attached hydrogen (secondary N) is 2. The molecule has 1 heterocycles. The number of aliphatic hydroxyl groups excluding tert-OH is 1. The second kappa shape index (κ2) is 14.3. The Balaban J connectivity index is 2.37. The van der Waals surface area contributed by atoms with Crippen LogP contribution in [0.15, 0.2) is 18.2 Å². The standard InChI is InChI=1S/C26H42N2O7/c1-18(29)6-5-7-21(34-19(2)30)15-24(35-25(32)17-27-3)26(10-12-28-13-11-26)16-20-8-9-22(31)23(14-20)33-4/h8-9,14,18,21,24,27-29,31H,5-7,10-13,15-17H2,1-4H3/t18-,21+,24+/m0/s1. The fourth-order valence-corrected chi connectivity index (χ4v) is 4.88. The van der Waals surface area contributed by atoms with Gasteiger partial charge in [-0.2, -0.15) is 0 Å². The number of carbonyl (C=O) groups excluding carboxylic acids is 2. The molecule has 0 aromatic heterocycles. The van der Waals surface area contributed by atoms with E-state index >= 15 is 0 Å². The van der Waals surface area contributed by atoms with Crippen molar-refractivity contribution >= 4 is 11.9 Å². The van der Waals surface area contributed by atoms with Gasteiger partial charge in [-0.1, -0.05) is 6.07 Å². The van der Waals surface area contributed by atoms with E-state index in [-0.39, 0.29) is 29.6 Å². The molecule has 198 valence electrons. The molecule has 3 atom stereocenters. The molecule has 1 aromatic carbocycles. The van der Waals surface area contributed by atoms with Crippen LogP contribution in [0.5, 0.6) is 11.5 Å². The Morgan fingerprint density at radius 2 is 1.91 bits per heavy atom. The largest absolute Gasteiger partial charge is 0.504 e. The van der Waals surface area contributed by atoms with E-state index in [9.17, 15) is 19.8 Å². The number of esters is 2. The van der Waals surface area contributed by atoms with Gasteiger partial charge in [0.15, 0.2) is 11.5 Å². The van der Waals surface area contributed by atoms with Crippen LogP contribution in [0, 0.1) is 5.41 Å². The quantitative estimate of drug-likeness (QED) is 0.288.